The zero-order valence-corrected chi connectivity index (χ0v) is 12.0. The van der Waals surface area contributed by atoms with Crippen LogP contribution in [-0.2, 0) is 0 Å². The van der Waals surface area contributed by atoms with Gasteiger partial charge in [0.05, 0.1) is 17.2 Å². The van der Waals surface area contributed by atoms with E-state index in [1.807, 2.05) is 13.8 Å². The van der Waals surface area contributed by atoms with E-state index in [1.54, 1.807) is 0 Å². The second-order valence-electron chi connectivity index (χ2n) is 4.82. The lowest BCUT2D eigenvalue weighted by Crippen LogP contribution is -2.27. The second-order valence-corrected chi connectivity index (χ2v) is 5.64. The van der Waals surface area contributed by atoms with Gasteiger partial charge < -0.3 is 10.8 Å². The van der Waals surface area contributed by atoms with Crippen LogP contribution >= 0.6 is 23.2 Å². The number of rotatable bonds is 5. The maximum Gasteiger partial charge on any atom is 0.148 e. The van der Waals surface area contributed by atoms with E-state index in [0.717, 1.165) is 6.42 Å². The topological polar surface area (TPSA) is 46.2 Å². The van der Waals surface area contributed by atoms with Crippen LogP contribution in [0.15, 0.2) is 12.1 Å². The van der Waals surface area contributed by atoms with Crippen molar-refractivity contribution in [3.8, 4) is 0 Å². The lowest BCUT2D eigenvalue weighted by Gasteiger charge is -2.21. The molecular formula is C13H18Cl2FNO. The zero-order chi connectivity index (χ0) is 13.9. The first kappa shape index (κ1) is 15.7. The molecule has 0 aliphatic heterocycles. The summed E-state index contributed by atoms with van der Waals surface area (Å²) in [6, 6.07) is 1.99. The smallest absolute Gasteiger partial charge is 0.148 e. The summed E-state index contributed by atoms with van der Waals surface area (Å²) in [7, 11) is 0. The highest BCUT2D eigenvalue weighted by molar-refractivity contribution is 6.33. The van der Waals surface area contributed by atoms with Gasteiger partial charge in [-0.3, -0.25) is 0 Å². The van der Waals surface area contributed by atoms with Crippen LogP contribution in [-0.4, -0.2) is 11.2 Å². The number of hydrogen-bond acceptors (Lipinski definition) is 2. The molecule has 0 spiro atoms. The van der Waals surface area contributed by atoms with Crippen LogP contribution in [0, 0.1) is 11.7 Å². The van der Waals surface area contributed by atoms with Gasteiger partial charge >= 0.3 is 0 Å². The predicted octanol–water partition coefficient (Wildman–Crippen LogP) is 3.93. The Labute approximate surface area is 117 Å². The molecule has 0 aliphatic rings. The van der Waals surface area contributed by atoms with Crippen molar-refractivity contribution in [1.29, 1.82) is 0 Å². The number of aliphatic hydroxyl groups excluding tert-OH is 1. The van der Waals surface area contributed by atoms with Crippen molar-refractivity contribution in [3.63, 3.8) is 0 Å². The minimum Gasteiger partial charge on any atom is -0.391 e. The molecule has 102 valence electrons. The highest BCUT2D eigenvalue weighted by atomic mass is 35.5. The van der Waals surface area contributed by atoms with Gasteiger partial charge in [-0.25, -0.2) is 4.39 Å². The molecule has 0 aliphatic carbocycles. The van der Waals surface area contributed by atoms with Crippen molar-refractivity contribution in [1.82, 2.24) is 0 Å². The minimum atomic E-state index is -0.866. The first-order valence-electron chi connectivity index (χ1n) is 5.91. The fourth-order valence-electron chi connectivity index (χ4n) is 1.72. The highest BCUT2D eigenvalue weighted by Gasteiger charge is 2.24. The molecule has 0 saturated heterocycles. The number of hydrogen-bond donors (Lipinski definition) is 2. The molecule has 18 heavy (non-hydrogen) atoms. The SMILES string of the molecule is CC(C)CC[C@H](O)[C@H](N)c1c(Cl)ccc(Cl)c1F. The Balaban J connectivity index is 2.89. The largest absolute Gasteiger partial charge is 0.391 e. The molecule has 3 N–H and O–H groups in total. The summed E-state index contributed by atoms with van der Waals surface area (Å²) in [5.41, 5.74) is 5.95. The van der Waals surface area contributed by atoms with Gasteiger partial charge in [0.2, 0.25) is 0 Å². The Kier molecular flexibility index (Phi) is 5.86. The Bertz CT molecular complexity index is 412. The Morgan fingerprint density at radius 3 is 2.33 bits per heavy atom. The molecule has 0 heterocycles. The molecule has 0 aromatic heterocycles. The lowest BCUT2D eigenvalue weighted by molar-refractivity contribution is 0.127. The van der Waals surface area contributed by atoms with Crippen LogP contribution in [0.3, 0.4) is 0 Å². The zero-order valence-electron chi connectivity index (χ0n) is 10.5. The summed E-state index contributed by atoms with van der Waals surface area (Å²) < 4.78 is 13.9. The van der Waals surface area contributed by atoms with Gasteiger partial charge in [0, 0.05) is 10.6 Å². The van der Waals surface area contributed by atoms with E-state index < -0.39 is 18.0 Å². The van der Waals surface area contributed by atoms with Crippen molar-refractivity contribution in [2.24, 2.45) is 11.7 Å². The predicted molar refractivity (Wildman–Crippen MR) is 73.4 cm³/mol. The van der Waals surface area contributed by atoms with Crippen LogP contribution in [0.1, 0.15) is 38.3 Å². The van der Waals surface area contributed by atoms with E-state index in [4.69, 9.17) is 28.9 Å². The second kappa shape index (κ2) is 6.71. The molecule has 1 aromatic carbocycles. The summed E-state index contributed by atoms with van der Waals surface area (Å²) in [6.07, 6.45) is 0.480. The molecule has 0 saturated carbocycles. The molecule has 0 radical (unpaired) electrons. The fourth-order valence-corrected chi connectivity index (χ4v) is 2.16. The van der Waals surface area contributed by atoms with Crippen molar-refractivity contribution < 1.29 is 9.50 Å². The Morgan fingerprint density at radius 2 is 1.78 bits per heavy atom. The van der Waals surface area contributed by atoms with Gasteiger partial charge in [-0.15, -0.1) is 0 Å². The highest BCUT2D eigenvalue weighted by Crippen LogP contribution is 2.32. The van der Waals surface area contributed by atoms with Gasteiger partial charge in [-0.2, -0.15) is 0 Å². The normalized spacial score (nSPS) is 14.9. The van der Waals surface area contributed by atoms with E-state index >= 15 is 0 Å². The lowest BCUT2D eigenvalue weighted by atomic mass is 9.95. The van der Waals surface area contributed by atoms with Crippen LogP contribution < -0.4 is 5.73 Å². The third-order valence-corrected chi connectivity index (χ3v) is 3.49. The first-order valence-corrected chi connectivity index (χ1v) is 6.67. The molecule has 0 fully saturated rings. The Morgan fingerprint density at radius 1 is 1.22 bits per heavy atom. The van der Waals surface area contributed by atoms with Gasteiger partial charge in [-0.1, -0.05) is 37.0 Å². The third kappa shape index (κ3) is 3.82. The summed E-state index contributed by atoms with van der Waals surface area (Å²) in [5.74, 6) is -0.202. The molecule has 0 amide bonds. The molecule has 2 atom stereocenters. The quantitative estimate of drug-likeness (QED) is 0.808. The van der Waals surface area contributed by atoms with Crippen molar-refractivity contribution in [3.05, 3.63) is 33.6 Å². The molecule has 1 aromatic rings. The average Bonchev–Trinajstić information content (AvgIpc) is 2.31. The molecule has 0 unspecified atom stereocenters. The minimum absolute atomic E-state index is 0.0408. The van der Waals surface area contributed by atoms with E-state index in [9.17, 15) is 9.50 Å². The van der Waals surface area contributed by atoms with E-state index in [1.165, 1.54) is 12.1 Å². The molecule has 0 bridgehead atoms. The average molecular weight is 294 g/mol. The molecule has 5 heteroatoms. The number of halogens is 3. The van der Waals surface area contributed by atoms with Gasteiger partial charge in [0.15, 0.2) is 0 Å². The number of aliphatic hydroxyl groups is 1. The summed E-state index contributed by atoms with van der Waals surface area (Å²) >= 11 is 11.6. The van der Waals surface area contributed by atoms with E-state index in [2.05, 4.69) is 0 Å². The maximum absolute atomic E-state index is 13.9. The van der Waals surface area contributed by atoms with Crippen molar-refractivity contribution in [2.75, 3.05) is 0 Å². The van der Waals surface area contributed by atoms with E-state index in [-0.39, 0.29) is 15.6 Å². The van der Waals surface area contributed by atoms with Crippen LogP contribution in [0.5, 0.6) is 0 Å². The maximum atomic E-state index is 13.9. The number of benzene rings is 1. The van der Waals surface area contributed by atoms with Crippen LogP contribution in [0.2, 0.25) is 10.0 Å². The van der Waals surface area contributed by atoms with E-state index in [0.29, 0.717) is 12.3 Å². The third-order valence-electron chi connectivity index (χ3n) is 2.87. The van der Waals surface area contributed by atoms with Crippen molar-refractivity contribution in [2.45, 2.75) is 38.8 Å². The van der Waals surface area contributed by atoms with Crippen LogP contribution in [0.4, 0.5) is 4.39 Å². The molecular weight excluding hydrogens is 276 g/mol. The summed E-state index contributed by atoms with van der Waals surface area (Å²) in [5, 5.41) is 10.1. The summed E-state index contributed by atoms with van der Waals surface area (Å²) in [6.45, 7) is 4.09. The van der Waals surface area contributed by atoms with Gasteiger partial charge in [0.1, 0.15) is 5.82 Å². The summed E-state index contributed by atoms with van der Waals surface area (Å²) in [4.78, 5) is 0. The van der Waals surface area contributed by atoms with Crippen molar-refractivity contribution >= 4 is 23.2 Å². The standard InChI is InChI=1S/C13H18Cl2FNO/c1-7(2)3-6-10(18)13(17)11-8(14)4-5-9(15)12(11)16/h4-5,7,10,13,18H,3,6,17H2,1-2H3/t10-,13-/m0/s1. The number of nitrogens with two attached hydrogens (primary N) is 1. The van der Waals surface area contributed by atoms with Gasteiger partial charge in [0.25, 0.3) is 0 Å². The van der Waals surface area contributed by atoms with Gasteiger partial charge in [-0.05, 0) is 30.9 Å². The monoisotopic (exact) mass is 293 g/mol. The Hall–Kier alpha value is -0.350. The molecule has 1 rings (SSSR count). The van der Waals surface area contributed by atoms with Crippen LogP contribution in [0.25, 0.3) is 0 Å². The molecule has 2 nitrogen and oxygen atoms in total. The fraction of sp³-hybridized carbons (Fsp3) is 0.538. The first-order chi connectivity index (χ1) is 8.34.